The number of rotatable bonds is 9. The molecule has 0 spiro atoms. The van der Waals surface area contributed by atoms with Crippen LogP contribution >= 0.6 is 34.5 Å². The molecular formula is C26H27Cl2FN2O2S. The Kier molecular flexibility index (Phi) is 9.11. The van der Waals surface area contributed by atoms with Gasteiger partial charge in [-0.2, -0.15) is 0 Å². The fourth-order valence-corrected chi connectivity index (χ4v) is 4.97. The normalized spacial score (nSPS) is 11.8. The van der Waals surface area contributed by atoms with Crippen LogP contribution in [-0.4, -0.2) is 34.2 Å². The van der Waals surface area contributed by atoms with Gasteiger partial charge in [-0.1, -0.05) is 42.3 Å². The van der Waals surface area contributed by atoms with Crippen molar-refractivity contribution < 1.29 is 14.0 Å². The summed E-state index contributed by atoms with van der Waals surface area (Å²) in [6.07, 6.45) is 0.676. The van der Waals surface area contributed by atoms with E-state index in [2.05, 4.69) is 0 Å². The molecule has 0 N–H and O–H groups in total. The number of amides is 2. The first kappa shape index (κ1) is 26.2. The molecule has 34 heavy (non-hydrogen) atoms. The molecule has 8 heteroatoms. The fraction of sp³-hybridized carbons (Fsp3) is 0.308. The Morgan fingerprint density at radius 3 is 2.24 bits per heavy atom. The topological polar surface area (TPSA) is 40.6 Å². The molecule has 0 aliphatic carbocycles. The van der Waals surface area contributed by atoms with Crippen LogP contribution in [0.2, 0.25) is 10.0 Å². The lowest BCUT2D eigenvalue weighted by Crippen LogP contribution is -2.46. The third-order valence-electron chi connectivity index (χ3n) is 5.74. The molecule has 1 heterocycles. The summed E-state index contributed by atoms with van der Waals surface area (Å²) in [7, 11) is 0. The Morgan fingerprint density at radius 2 is 1.68 bits per heavy atom. The first-order chi connectivity index (χ1) is 16.2. The number of carbonyl (C=O) groups is 2. The van der Waals surface area contributed by atoms with Gasteiger partial charge in [0.25, 0.3) is 5.91 Å². The van der Waals surface area contributed by atoms with E-state index in [9.17, 15) is 14.0 Å². The lowest BCUT2D eigenvalue weighted by molar-refractivity contribution is -0.133. The Hall–Kier alpha value is -2.41. The van der Waals surface area contributed by atoms with Crippen molar-refractivity contribution in [2.75, 3.05) is 6.54 Å². The Bertz CT molecular complexity index is 1130. The van der Waals surface area contributed by atoms with Crippen LogP contribution in [-0.2, 0) is 17.9 Å². The Labute approximate surface area is 213 Å². The maximum Gasteiger partial charge on any atom is 0.254 e. The van der Waals surface area contributed by atoms with Crippen molar-refractivity contribution in [2.45, 2.75) is 46.3 Å². The second-order valence-electron chi connectivity index (χ2n) is 8.25. The van der Waals surface area contributed by atoms with Crippen molar-refractivity contribution >= 4 is 46.4 Å². The van der Waals surface area contributed by atoms with Crippen molar-refractivity contribution in [3.63, 3.8) is 0 Å². The second kappa shape index (κ2) is 11.8. The molecule has 0 aliphatic heterocycles. The van der Waals surface area contributed by atoms with Crippen LogP contribution in [0.3, 0.4) is 0 Å². The highest BCUT2D eigenvalue weighted by Gasteiger charge is 2.27. The van der Waals surface area contributed by atoms with E-state index in [1.165, 1.54) is 12.1 Å². The molecule has 0 radical (unpaired) electrons. The summed E-state index contributed by atoms with van der Waals surface area (Å²) in [6, 6.07) is 12.6. The van der Waals surface area contributed by atoms with E-state index in [-0.39, 0.29) is 30.2 Å². The molecule has 3 rings (SSSR count). The van der Waals surface area contributed by atoms with E-state index in [4.69, 9.17) is 23.2 Å². The smallest absolute Gasteiger partial charge is 0.254 e. The molecule has 1 atom stereocenters. The number of nitrogens with zero attached hydrogens (tertiary/aromatic N) is 2. The molecule has 1 aromatic heterocycles. The van der Waals surface area contributed by atoms with Crippen LogP contribution in [0, 0.1) is 12.7 Å². The van der Waals surface area contributed by atoms with Crippen molar-refractivity contribution in [1.82, 2.24) is 9.80 Å². The molecule has 2 aromatic carbocycles. The van der Waals surface area contributed by atoms with E-state index < -0.39 is 0 Å². The van der Waals surface area contributed by atoms with Crippen LogP contribution in [0.1, 0.15) is 46.6 Å². The lowest BCUT2D eigenvalue weighted by atomic mass is 10.1. The average Bonchev–Trinajstić information content (AvgIpc) is 3.21. The van der Waals surface area contributed by atoms with Crippen LogP contribution in [0.5, 0.6) is 0 Å². The van der Waals surface area contributed by atoms with Gasteiger partial charge < -0.3 is 9.80 Å². The molecule has 3 aromatic rings. The van der Waals surface area contributed by atoms with Gasteiger partial charge in [-0.05, 0) is 73.2 Å². The summed E-state index contributed by atoms with van der Waals surface area (Å²) in [5.41, 5.74) is 2.25. The monoisotopic (exact) mass is 520 g/mol. The third kappa shape index (κ3) is 6.81. The zero-order chi connectivity index (χ0) is 24.8. The van der Waals surface area contributed by atoms with Gasteiger partial charge in [-0.3, -0.25) is 9.59 Å². The zero-order valence-corrected chi connectivity index (χ0v) is 21.7. The summed E-state index contributed by atoms with van der Waals surface area (Å²) in [6.45, 7) is 6.50. The van der Waals surface area contributed by atoms with Crippen molar-refractivity contribution in [3.8, 4) is 0 Å². The van der Waals surface area contributed by atoms with Gasteiger partial charge in [0.2, 0.25) is 5.91 Å². The van der Waals surface area contributed by atoms with Gasteiger partial charge in [0.05, 0.1) is 6.54 Å². The summed E-state index contributed by atoms with van der Waals surface area (Å²) in [4.78, 5) is 31.3. The van der Waals surface area contributed by atoms with E-state index in [1.54, 1.807) is 51.5 Å². The summed E-state index contributed by atoms with van der Waals surface area (Å²) >= 11 is 13.8. The van der Waals surface area contributed by atoms with E-state index in [1.807, 2.05) is 32.2 Å². The average molecular weight is 521 g/mol. The molecule has 2 amide bonds. The lowest BCUT2D eigenvalue weighted by Gasteiger charge is -2.31. The van der Waals surface area contributed by atoms with E-state index >= 15 is 0 Å². The highest BCUT2D eigenvalue weighted by molar-refractivity contribution is 7.10. The van der Waals surface area contributed by atoms with Gasteiger partial charge in [-0.15, -0.1) is 11.3 Å². The number of aryl methyl sites for hydroxylation is 1. The molecule has 0 fully saturated rings. The first-order valence-corrected chi connectivity index (χ1v) is 12.6. The Balaban J connectivity index is 1.87. The van der Waals surface area contributed by atoms with Crippen molar-refractivity contribution in [2.24, 2.45) is 0 Å². The second-order valence-corrected chi connectivity index (χ2v) is 10.1. The standard InChI is InChI=1S/C26H27Cl2FN2O2S/c1-4-18(3)31(26(33)20-11-21(27)13-22(28)12-20)16-25(32)30(15-24-17(2)9-10-34-24)14-19-5-7-23(29)8-6-19/h5-13,18H,4,14-16H2,1-3H3. The van der Waals surface area contributed by atoms with Crippen LogP contribution < -0.4 is 0 Å². The van der Waals surface area contributed by atoms with Gasteiger partial charge in [0, 0.05) is 33.1 Å². The van der Waals surface area contributed by atoms with Crippen LogP contribution in [0.25, 0.3) is 0 Å². The van der Waals surface area contributed by atoms with Gasteiger partial charge >= 0.3 is 0 Å². The predicted octanol–water partition coefficient (Wildman–Crippen LogP) is 6.97. The SMILES string of the molecule is CCC(C)N(CC(=O)N(Cc1ccc(F)cc1)Cc1sccc1C)C(=O)c1cc(Cl)cc(Cl)c1. The van der Waals surface area contributed by atoms with E-state index in [0.29, 0.717) is 35.1 Å². The number of carbonyl (C=O) groups excluding carboxylic acids is 2. The van der Waals surface area contributed by atoms with Crippen LogP contribution in [0.4, 0.5) is 4.39 Å². The predicted molar refractivity (Wildman–Crippen MR) is 137 cm³/mol. The number of hydrogen-bond acceptors (Lipinski definition) is 3. The molecule has 0 saturated heterocycles. The van der Waals surface area contributed by atoms with Crippen molar-refractivity contribution in [1.29, 1.82) is 0 Å². The minimum atomic E-state index is -0.329. The van der Waals surface area contributed by atoms with Gasteiger partial charge in [0.1, 0.15) is 12.4 Å². The number of benzene rings is 2. The Morgan fingerprint density at radius 1 is 1.03 bits per heavy atom. The molecular weight excluding hydrogens is 494 g/mol. The minimum Gasteiger partial charge on any atom is -0.332 e. The molecule has 0 saturated carbocycles. The minimum absolute atomic E-state index is 0.0937. The molecule has 1 unspecified atom stereocenters. The zero-order valence-electron chi connectivity index (χ0n) is 19.4. The maximum atomic E-state index is 13.6. The number of hydrogen-bond donors (Lipinski definition) is 0. The maximum absolute atomic E-state index is 13.6. The summed E-state index contributed by atoms with van der Waals surface area (Å²) in [5.74, 6) is -0.829. The highest BCUT2D eigenvalue weighted by atomic mass is 35.5. The number of halogens is 3. The van der Waals surface area contributed by atoms with Crippen molar-refractivity contribution in [3.05, 3.63) is 91.3 Å². The molecule has 4 nitrogen and oxygen atoms in total. The summed E-state index contributed by atoms with van der Waals surface area (Å²) < 4.78 is 13.4. The summed E-state index contributed by atoms with van der Waals surface area (Å²) in [5, 5.41) is 2.71. The number of thiophene rings is 1. The fourth-order valence-electron chi connectivity index (χ4n) is 3.52. The van der Waals surface area contributed by atoms with Gasteiger partial charge in [-0.25, -0.2) is 4.39 Å². The quantitative estimate of drug-likeness (QED) is 0.305. The molecule has 0 bridgehead atoms. The first-order valence-electron chi connectivity index (χ1n) is 11.0. The van der Waals surface area contributed by atoms with Gasteiger partial charge in [0.15, 0.2) is 0 Å². The highest BCUT2D eigenvalue weighted by Crippen LogP contribution is 2.23. The third-order valence-corrected chi connectivity index (χ3v) is 7.19. The van der Waals surface area contributed by atoms with E-state index in [0.717, 1.165) is 16.0 Å². The van der Waals surface area contributed by atoms with Crippen LogP contribution in [0.15, 0.2) is 53.9 Å². The molecule has 180 valence electrons. The largest absolute Gasteiger partial charge is 0.332 e. The molecule has 0 aliphatic rings.